The van der Waals surface area contributed by atoms with Crippen LogP contribution in [0.25, 0.3) is 0 Å². The van der Waals surface area contributed by atoms with E-state index in [1.165, 1.54) is 11.1 Å². The molecule has 2 aliphatic heterocycles. The van der Waals surface area contributed by atoms with Gasteiger partial charge in [0, 0.05) is 35.0 Å². The zero-order chi connectivity index (χ0) is 31.7. The maximum Gasteiger partial charge on any atom is 0.320 e. The third-order valence-electron chi connectivity index (χ3n) is 9.83. The molecule has 2 aliphatic carbocycles. The molecule has 0 saturated heterocycles. The average Bonchev–Trinajstić information content (AvgIpc) is 3.11. The van der Waals surface area contributed by atoms with Crippen molar-refractivity contribution in [3.8, 4) is 5.75 Å². The van der Waals surface area contributed by atoms with E-state index in [-0.39, 0.29) is 47.5 Å². The number of esters is 1. The summed E-state index contributed by atoms with van der Waals surface area (Å²) in [4.78, 5) is 30.3. The van der Waals surface area contributed by atoms with E-state index in [4.69, 9.17) is 21.1 Å². The van der Waals surface area contributed by atoms with Crippen LogP contribution in [0.4, 0.5) is 5.69 Å². The Morgan fingerprint density at radius 2 is 2.07 bits per heavy atom. The summed E-state index contributed by atoms with van der Waals surface area (Å²) in [5.74, 6) is 0.787. The first-order valence-corrected chi connectivity index (χ1v) is 17.7. The summed E-state index contributed by atoms with van der Waals surface area (Å²) in [6.45, 7) is 4.19. The van der Waals surface area contributed by atoms with Crippen molar-refractivity contribution in [1.82, 2.24) is 4.90 Å². The third kappa shape index (κ3) is 7.10. The SMILES string of the molecule is C[C@H]1C/C=C/[C@H](OC(=O)CN(C)C)[C@@H]2CC[C@H]2CN2C[C@@]3(CCCc4cc(Cl)ccc43)COc3ccc(cc32)C(=O)N=[S-](=O)C1. The fourth-order valence-corrected chi connectivity index (χ4v) is 8.62. The number of likely N-dealkylation sites (N-methyl/N-ethyl adjacent to an activating group) is 1. The number of halogens is 1. The molecule has 2 heterocycles. The number of carbonyl (C=O) groups excluding carboxylic acids is 2. The number of carbonyl (C=O) groups is 2. The van der Waals surface area contributed by atoms with Crippen molar-refractivity contribution in [1.29, 1.82) is 0 Å². The molecule has 2 aromatic carbocycles. The smallest absolute Gasteiger partial charge is 0.320 e. The maximum absolute atomic E-state index is 13.2. The van der Waals surface area contributed by atoms with Gasteiger partial charge in [-0.15, -0.1) is 0 Å². The molecular weight excluding hydrogens is 610 g/mol. The van der Waals surface area contributed by atoms with Crippen LogP contribution in [0.3, 0.4) is 0 Å². The molecule has 242 valence electrons. The summed E-state index contributed by atoms with van der Waals surface area (Å²) >= 11 is 6.43. The number of anilines is 1. The summed E-state index contributed by atoms with van der Waals surface area (Å²) in [5.41, 5.74) is 3.55. The van der Waals surface area contributed by atoms with Crippen LogP contribution in [0.15, 0.2) is 52.9 Å². The molecular formula is C35H43ClN3O5S-. The summed E-state index contributed by atoms with van der Waals surface area (Å²) < 4.78 is 29.6. The van der Waals surface area contributed by atoms with Gasteiger partial charge in [-0.1, -0.05) is 42.3 Å². The van der Waals surface area contributed by atoms with Gasteiger partial charge in [0.25, 0.3) is 5.91 Å². The number of nitrogens with zero attached hydrogens (tertiary/aromatic N) is 3. The van der Waals surface area contributed by atoms with Crippen LogP contribution in [0.1, 0.15) is 60.5 Å². The molecule has 0 N–H and O–H groups in total. The van der Waals surface area contributed by atoms with Gasteiger partial charge in [0.15, 0.2) is 0 Å². The highest BCUT2D eigenvalue weighted by Gasteiger charge is 2.45. The van der Waals surface area contributed by atoms with Gasteiger partial charge in [-0.2, -0.15) is 10.6 Å². The lowest BCUT2D eigenvalue weighted by molar-refractivity contribution is -0.152. The van der Waals surface area contributed by atoms with Crippen LogP contribution in [-0.4, -0.2) is 69.0 Å². The minimum atomic E-state index is -1.65. The molecule has 1 fully saturated rings. The van der Waals surface area contributed by atoms with Crippen molar-refractivity contribution in [2.75, 3.05) is 51.0 Å². The number of allylic oxidation sites excluding steroid dienone is 1. The molecule has 1 saturated carbocycles. The van der Waals surface area contributed by atoms with E-state index < -0.39 is 16.5 Å². The average molecular weight is 653 g/mol. The molecule has 8 nitrogen and oxygen atoms in total. The number of hydrogen-bond acceptors (Lipinski definition) is 8. The molecule has 0 aromatic heterocycles. The minimum Gasteiger partial charge on any atom is -0.490 e. The standard InChI is InChI=1S/C35H43ClN3O5S/c1-23-6-4-8-31(44-33(40)19-38(2)3)28-12-9-26(28)18-39-21-35(15-5-7-24-16-27(36)11-13-29(24)35)22-43-32-14-10-25(17-30(32)39)34(41)37-45(42)20-23/h4,8,10-11,13-14,16-17,23,26,28,31H,5-7,9,12,15,18-22H2,1-3H3/q-1/b8-4+/t23-,26-,28+,31-,35-/m0/s1. The topological polar surface area (TPSA) is 88.5 Å². The Morgan fingerprint density at radius 1 is 1.22 bits per heavy atom. The summed E-state index contributed by atoms with van der Waals surface area (Å²) in [5, 5.41) is 0.743. The van der Waals surface area contributed by atoms with Crippen LogP contribution in [-0.2, 0) is 36.2 Å². The molecule has 2 aromatic rings. The number of fused-ring (bicyclic) bond motifs is 4. The second kappa shape index (κ2) is 13.5. The Balaban J connectivity index is 1.40. The van der Waals surface area contributed by atoms with E-state index >= 15 is 0 Å². The van der Waals surface area contributed by atoms with Crippen molar-refractivity contribution in [2.24, 2.45) is 22.1 Å². The molecule has 0 unspecified atom stereocenters. The van der Waals surface area contributed by atoms with Crippen LogP contribution in [0.5, 0.6) is 5.75 Å². The number of rotatable bonds is 3. The fraction of sp³-hybridized carbons (Fsp3) is 0.543. The fourth-order valence-electron chi connectivity index (χ4n) is 7.44. The number of ether oxygens (including phenoxy) is 2. The van der Waals surface area contributed by atoms with Crippen LogP contribution >= 0.6 is 11.6 Å². The lowest BCUT2D eigenvalue weighted by Gasteiger charge is -2.46. The highest BCUT2D eigenvalue weighted by molar-refractivity contribution is 7.75. The first-order valence-electron chi connectivity index (χ1n) is 16.1. The Kier molecular flexibility index (Phi) is 9.60. The quantitative estimate of drug-likeness (QED) is 0.222. The van der Waals surface area contributed by atoms with Crippen molar-refractivity contribution < 1.29 is 23.3 Å². The van der Waals surface area contributed by atoms with Gasteiger partial charge in [-0.05, 0) is 106 Å². The van der Waals surface area contributed by atoms with Crippen molar-refractivity contribution in [3.05, 3.63) is 70.3 Å². The van der Waals surface area contributed by atoms with E-state index in [0.717, 1.165) is 61.7 Å². The van der Waals surface area contributed by atoms with Crippen molar-refractivity contribution in [3.63, 3.8) is 0 Å². The molecule has 45 heavy (non-hydrogen) atoms. The Hall–Kier alpha value is -2.88. The molecule has 2 bridgehead atoms. The van der Waals surface area contributed by atoms with Crippen LogP contribution in [0, 0.1) is 17.8 Å². The van der Waals surface area contributed by atoms with Crippen LogP contribution in [0.2, 0.25) is 5.02 Å². The largest absolute Gasteiger partial charge is 0.490 e. The highest BCUT2D eigenvalue weighted by atomic mass is 35.5. The second-order valence-electron chi connectivity index (χ2n) is 13.6. The van der Waals surface area contributed by atoms with Gasteiger partial charge in [0.05, 0.1) is 18.8 Å². The maximum atomic E-state index is 13.2. The van der Waals surface area contributed by atoms with Crippen LogP contribution < -0.4 is 9.64 Å². The summed E-state index contributed by atoms with van der Waals surface area (Å²) in [7, 11) is 2.07. The van der Waals surface area contributed by atoms with E-state index in [0.29, 0.717) is 18.6 Å². The van der Waals surface area contributed by atoms with Crippen molar-refractivity contribution >= 4 is 39.8 Å². The summed E-state index contributed by atoms with van der Waals surface area (Å²) in [6, 6.07) is 11.7. The molecule has 10 heteroatoms. The number of benzene rings is 2. The third-order valence-corrected chi connectivity index (χ3v) is 11.3. The molecule has 5 atom stereocenters. The number of hydrogen-bond donors (Lipinski definition) is 0. The molecule has 0 radical (unpaired) electrons. The van der Waals surface area contributed by atoms with Gasteiger partial charge in [0.1, 0.15) is 11.9 Å². The normalized spacial score (nSPS) is 29.4. The van der Waals surface area contributed by atoms with Crippen molar-refractivity contribution in [2.45, 2.75) is 57.0 Å². The van der Waals surface area contributed by atoms with E-state index in [1.54, 1.807) is 6.07 Å². The Morgan fingerprint density at radius 3 is 2.84 bits per heavy atom. The van der Waals surface area contributed by atoms with Gasteiger partial charge in [-0.25, -0.2) is 0 Å². The lowest BCUT2D eigenvalue weighted by Crippen LogP contribution is -2.50. The van der Waals surface area contributed by atoms with E-state index in [1.807, 2.05) is 56.3 Å². The Bertz CT molecular complexity index is 1570. The zero-order valence-corrected chi connectivity index (χ0v) is 27.9. The Labute approximate surface area is 273 Å². The predicted molar refractivity (Wildman–Crippen MR) is 177 cm³/mol. The summed E-state index contributed by atoms with van der Waals surface area (Å²) in [6.07, 6.45) is 9.37. The number of aryl methyl sites for hydroxylation is 1. The first kappa shape index (κ1) is 32.1. The molecule has 4 aliphatic rings. The lowest BCUT2D eigenvalue weighted by atomic mass is 9.68. The molecule has 6 rings (SSSR count). The molecule has 1 spiro atoms. The highest BCUT2D eigenvalue weighted by Crippen LogP contribution is 2.47. The first-order chi connectivity index (χ1) is 21.6. The second-order valence-corrected chi connectivity index (χ2v) is 15.2. The monoisotopic (exact) mass is 652 g/mol. The number of amides is 1. The van der Waals surface area contributed by atoms with E-state index in [9.17, 15) is 13.8 Å². The predicted octanol–water partition coefficient (Wildman–Crippen LogP) is 6.20. The van der Waals surface area contributed by atoms with Gasteiger partial charge < -0.3 is 22.9 Å². The molecule has 1 amide bonds. The zero-order valence-electron chi connectivity index (χ0n) is 26.4. The minimum absolute atomic E-state index is 0.0437. The van der Waals surface area contributed by atoms with Gasteiger partial charge >= 0.3 is 5.97 Å². The van der Waals surface area contributed by atoms with Gasteiger partial charge in [-0.3, -0.25) is 14.5 Å². The van der Waals surface area contributed by atoms with E-state index in [2.05, 4.69) is 21.4 Å². The van der Waals surface area contributed by atoms with Gasteiger partial charge in [0.2, 0.25) is 0 Å².